The van der Waals surface area contributed by atoms with Crippen LogP contribution in [0.3, 0.4) is 0 Å². The molecule has 1 heterocycles. The maximum Gasteiger partial charge on any atom is 0.354 e. The van der Waals surface area contributed by atoms with Crippen LogP contribution in [-0.2, 0) is 0 Å². The topological polar surface area (TPSA) is 75.2 Å². The van der Waals surface area contributed by atoms with Crippen molar-refractivity contribution in [2.75, 3.05) is 7.11 Å². The van der Waals surface area contributed by atoms with Crippen molar-refractivity contribution in [1.82, 2.24) is 9.97 Å². The molecule has 2 rings (SSSR count). The van der Waals surface area contributed by atoms with E-state index in [1.54, 1.807) is 19.2 Å². The number of carboxylic acids is 1. The molecule has 0 saturated carbocycles. The number of methoxy groups -OCH3 is 1. The number of nitrogens with one attached hydrogen (secondary N) is 1. The van der Waals surface area contributed by atoms with Crippen molar-refractivity contribution in [2.45, 2.75) is 6.92 Å². The van der Waals surface area contributed by atoms with Crippen LogP contribution in [0.15, 0.2) is 24.5 Å². The Kier molecular flexibility index (Phi) is 2.82. The number of rotatable bonds is 3. The molecule has 2 aromatic rings. The van der Waals surface area contributed by atoms with E-state index in [-0.39, 0.29) is 5.69 Å². The standard InChI is InChI=1S/C12H12N2O3/c1-7-5-8(3-4-9(7)17-2)10-11(12(15)16)14-6-13-10/h3-6H,1-2H3,(H,13,14)(H,15,16). The number of benzene rings is 1. The molecule has 5 nitrogen and oxygen atoms in total. The Balaban J connectivity index is 2.50. The Bertz CT molecular complexity index is 561. The van der Waals surface area contributed by atoms with Gasteiger partial charge in [0.15, 0.2) is 5.69 Å². The van der Waals surface area contributed by atoms with Crippen molar-refractivity contribution in [3.63, 3.8) is 0 Å². The number of nitrogens with zero attached hydrogens (tertiary/aromatic N) is 1. The summed E-state index contributed by atoms with van der Waals surface area (Å²) in [6.45, 7) is 1.90. The Morgan fingerprint density at radius 1 is 1.47 bits per heavy atom. The average molecular weight is 232 g/mol. The molecular formula is C12H12N2O3. The van der Waals surface area contributed by atoms with Crippen LogP contribution in [0.5, 0.6) is 5.75 Å². The van der Waals surface area contributed by atoms with Gasteiger partial charge < -0.3 is 14.8 Å². The molecule has 0 atom stereocenters. The molecule has 17 heavy (non-hydrogen) atoms. The van der Waals surface area contributed by atoms with Gasteiger partial charge in [0.1, 0.15) is 11.4 Å². The zero-order valence-electron chi connectivity index (χ0n) is 9.52. The van der Waals surface area contributed by atoms with Gasteiger partial charge in [-0.2, -0.15) is 0 Å². The molecule has 0 amide bonds. The summed E-state index contributed by atoms with van der Waals surface area (Å²) in [5.41, 5.74) is 2.21. The lowest BCUT2D eigenvalue weighted by molar-refractivity contribution is 0.0692. The molecule has 0 spiro atoms. The Hall–Kier alpha value is -2.30. The lowest BCUT2D eigenvalue weighted by Crippen LogP contribution is -1.99. The highest BCUT2D eigenvalue weighted by atomic mass is 16.5. The van der Waals surface area contributed by atoms with Crippen LogP contribution in [0.1, 0.15) is 16.1 Å². The third-order valence-corrected chi connectivity index (χ3v) is 2.52. The molecule has 0 aliphatic carbocycles. The SMILES string of the molecule is COc1ccc(-c2nc[nH]c2C(=O)O)cc1C. The van der Waals surface area contributed by atoms with Gasteiger partial charge in [0.05, 0.1) is 13.4 Å². The van der Waals surface area contributed by atoms with E-state index in [0.29, 0.717) is 5.69 Å². The fourth-order valence-electron chi connectivity index (χ4n) is 1.70. The number of aryl methyl sites for hydroxylation is 1. The average Bonchev–Trinajstić information content (AvgIpc) is 2.77. The van der Waals surface area contributed by atoms with E-state index in [1.807, 2.05) is 13.0 Å². The zero-order valence-corrected chi connectivity index (χ0v) is 9.52. The van der Waals surface area contributed by atoms with E-state index in [1.165, 1.54) is 6.33 Å². The Morgan fingerprint density at radius 3 is 2.82 bits per heavy atom. The predicted molar refractivity (Wildman–Crippen MR) is 62.3 cm³/mol. The maximum absolute atomic E-state index is 11.0. The third-order valence-electron chi connectivity index (χ3n) is 2.52. The van der Waals surface area contributed by atoms with Crippen LogP contribution in [0.25, 0.3) is 11.3 Å². The van der Waals surface area contributed by atoms with Gasteiger partial charge in [-0.25, -0.2) is 9.78 Å². The van der Waals surface area contributed by atoms with Crippen molar-refractivity contribution in [3.8, 4) is 17.0 Å². The highest BCUT2D eigenvalue weighted by Gasteiger charge is 2.15. The van der Waals surface area contributed by atoms with Gasteiger partial charge in [-0.15, -0.1) is 0 Å². The molecule has 2 N–H and O–H groups in total. The molecule has 0 saturated heterocycles. The van der Waals surface area contributed by atoms with Crippen molar-refractivity contribution >= 4 is 5.97 Å². The van der Waals surface area contributed by atoms with Gasteiger partial charge >= 0.3 is 5.97 Å². The van der Waals surface area contributed by atoms with Crippen molar-refractivity contribution in [3.05, 3.63) is 35.8 Å². The summed E-state index contributed by atoms with van der Waals surface area (Å²) >= 11 is 0. The number of H-pyrrole nitrogens is 1. The maximum atomic E-state index is 11.0. The van der Waals surface area contributed by atoms with E-state index in [2.05, 4.69) is 9.97 Å². The molecule has 0 aliphatic heterocycles. The number of ether oxygens (including phenoxy) is 1. The van der Waals surface area contributed by atoms with Crippen molar-refractivity contribution in [1.29, 1.82) is 0 Å². The summed E-state index contributed by atoms with van der Waals surface area (Å²) in [5.74, 6) is -0.257. The molecular weight excluding hydrogens is 220 g/mol. The molecule has 0 fully saturated rings. The van der Waals surface area contributed by atoms with Crippen LogP contribution >= 0.6 is 0 Å². The van der Waals surface area contributed by atoms with Gasteiger partial charge in [-0.1, -0.05) is 0 Å². The lowest BCUT2D eigenvalue weighted by Gasteiger charge is -2.06. The highest BCUT2D eigenvalue weighted by molar-refractivity contribution is 5.92. The molecule has 0 bridgehead atoms. The number of aromatic amines is 1. The quantitative estimate of drug-likeness (QED) is 0.849. The largest absolute Gasteiger partial charge is 0.496 e. The van der Waals surface area contributed by atoms with Gasteiger partial charge in [0.25, 0.3) is 0 Å². The van der Waals surface area contributed by atoms with Crippen LogP contribution in [0.4, 0.5) is 0 Å². The molecule has 0 unspecified atom stereocenters. The van der Waals surface area contributed by atoms with Crippen LogP contribution in [0.2, 0.25) is 0 Å². The normalized spacial score (nSPS) is 10.2. The van der Waals surface area contributed by atoms with Crippen LogP contribution in [-0.4, -0.2) is 28.2 Å². The van der Waals surface area contributed by atoms with E-state index >= 15 is 0 Å². The van der Waals surface area contributed by atoms with Gasteiger partial charge in [0, 0.05) is 5.56 Å². The summed E-state index contributed by atoms with van der Waals surface area (Å²) < 4.78 is 5.15. The highest BCUT2D eigenvalue weighted by Crippen LogP contribution is 2.26. The monoisotopic (exact) mass is 232 g/mol. The molecule has 1 aromatic carbocycles. The van der Waals surface area contributed by atoms with Crippen molar-refractivity contribution in [2.24, 2.45) is 0 Å². The number of aromatic carboxylic acids is 1. The predicted octanol–water partition coefficient (Wildman–Crippen LogP) is 2.09. The third kappa shape index (κ3) is 1.99. The van der Waals surface area contributed by atoms with Crippen LogP contribution < -0.4 is 4.74 Å². The van der Waals surface area contributed by atoms with E-state index in [9.17, 15) is 4.79 Å². The minimum atomic E-state index is -1.02. The second-order valence-corrected chi connectivity index (χ2v) is 3.62. The summed E-state index contributed by atoms with van der Waals surface area (Å²) in [6.07, 6.45) is 1.37. The fourth-order valence-corrected chi connectivity index (χ4v) is 1.70. The molecule has 1 aromatic heterocycles. The smallest absolute Gasteiger partial charge is 0.354 e. The van der Waals surface area contributed by atoms with Crippen molar-refractivity contribution < 1.29 is 14.6 Å². The second-order valence-electron chi connectivity index (χ2n) is 3.62. The lowest BCUT2D eigenvalue weighted by atomic mass is 10.1. The van der Waals surface area contributed by atoms with Gasteiger partial charge in [-0.05, 0) is 30.7 Å². The molecule has 88 valence electrons. The van der Waals surface area contributed by atoms with Gasteiger partial charge in [-0.3, -0.25) is 0 Å². The van der Waals surface area contributed by atoms with Crippen LogP contribution in [0, 0.1) is 6.92 Å². The minimum Gasteiger partial charge on any atom is -0.496 e. The first-order chi connectivity index (χ1) is 8.13. The first-order valence-corrected chi connectivity index (χ1v) is 5.05. The summed E-state index contributed by atoms with van der Waals surface area (Å²) in [6, 6.07) is 5.43. The molecule has 0 aliphatic rings. The second kappa shape index (κ2) is 4.29. The summed E-state index contributed by atoms with van der Waals surface area (Å²) in [5, 5.41) is 8.99. The number of aromatic nitrogens is 2. The summed E-state index contributed by atoms with van der Waals surface area (Å²) in [4.78, 5) is 17.6. The number of hydrogen-bond acceptors (Lipinski definition) is 3. The summed E-state index contributed by atoms with van der Waals surface area (Å²) in [7, 11) is 1.60. The van der Waals surface area contributed by atoms with E-state index in [0.717, 1.165) is 16.9 Å². The fraction of sp³-hybridized carbons (Fsp3) is 0.167. The first kappa shape index (κ1) is 11.2. The zero-order chi connectivity index (χ0) is 12.4. The minimum absolute atomic E-state index is 0.0922. The first-order valence-electron chi connectivity index (χ1n) is 5.05. The Morgan fingerprint density at radius 2 is 2.24 bits per heavy atom. The number of imidazole rings is 1. The molecule has 0 radical (unpaired) electrons. The number of hydrogen-bond donors (Lipinski definition) is 2. The Labute approximate surface area is 98.1 Å². The number of carboxylic acid groups (broad SMARTS) is 1. The number of carbonyl (C=O) groups is 1. The van der Waals surface area contributed by atoms with E-state index < -0.39 is 5.97 Å². The van der Waals surface area contributed by atoms with Gasteiger partial charge in [0.2, 0.25) is 0 Å². The van der Waals surface area contributed by atoms with E-state index in [4.69, 9.17) is 9.84 Å². The molecule has 5 heteroatoms.